The normalized spacial score (nSPS) is 17.6. The zero-order valence-electron chi connectivity index (χ0n) is 15.5. The van der Waals surface area contributed by atoms with Gasteiger partial charge in [-0.05, 0) is 67.7 Å². The lowest BCUT2D eigenvalue weighted by Crippen LogP contribution is -2.18. The Bertz CT molecular complexity index is 1090. The summed E-state index contributed by atoms with van der Waals surface area (Å²) in [5.41, 5.74) is 6.65. The number of carbonyl (C=O) groups excluding carboxylic acids is 1. The molecule has 1 unspecified atom stereocenters. The van der Waals surface area contributed by atoms with Crippen LogP contribution >= 0.6 is 0 Å². The van der Waals surface area contributed by atoms with Crippen LogP contribution in [0.25, 0.3) is 28.0 Å². The van der Waals surface area contributed by atoms with Gasteiger partial charge >= 0.3 is 0 Å². The smallest absolute Gasteiger partial charge is 0.159 e. The number of phenols is 1. The maximum Gasteiger partial charge on any atom is 0.159 e. The summed E-state index contributed by atoms with van der Waals surface area (Å²) in [6.07, 6.45) is 1.35. The van der Waals surface area contributed by atoms with Gasteiger partial charge in [-0.1, -0.05) is 24.3 Å². The summed E-state index contributed by atoms with van der Waals surface area (Å²) < 4.78 is 0. The molecule has 0 radical (unpaired) electrons. The van der Waals surface area contributed by atoms with Crippen LogP contribution in [0.3, 0.4) is 0 Å². The monoisotopic (exact) mass is 358 g/mol. The van der Waals surface area contributed by atoms with Crippen molar-refractivity contribution in [1.82, 2.24) is 9.97 Å². The number of benzene rings is 2. The number of para-hydroxylation sites is 1. The van der Waals surface area contributed by atoms with Crippen molar-refractivity contribution < 1.29 is 9.90 Å². The number of hydrogen-bond donors (Lipinski definition) is 2. The van der Waals surface area contributed by atoms with Crippen molar-refractivity contribution >= 4 is 22.4 Å². The number of rotatable bonds is 3. The molecule has 27 heavy (non-hydrogen) atoms. The second-order valence-electron chi connectivity index (χ2n) is 7.31. The number of fused-ring (bicyclic) bond motifs is 1. The van der Waals surface area contributed by atoms with Crippen molar-refractivity contribution in [3.8, 4) is 17.1 Å². The first kappa shape index (κ1) is 17.3. The summed E-state index contributed by atoms with van der Waals surface area (Å²) in [7, 11) is 0. The molecular weight excluding hydrogens is 336 g/mol. The van der Waals surface area contributed by atoms with E-state index < -0.39 is 0 Å². The van der Waals surface area contributed by atoms with Crippen LogP contribution in [0.2, 0.25) is 0 Å². The Hall–Kier alpha value is -3.14. The topological polar surface area (TPSA) is 66.0 Å². The molecule has 0 saturated carbocycles. The van der Waals surface area contributed by atoms with E-state index in [0.717, 1.165) is 51.1 Å². The molecule has 1 aliphatic carbocycles. The maximum absolute atomic E-state index is 12.5. The molecule has 1 aliphatic rings. The lowest BCUT2D eigenvalue weighted by atomic mass is 9.78. The van der Waals surface area contributed by atoms with Crippen LogP contribution < -0.4 is 0 Å². The molecule has 0 amide bonds. The molecule has 0 aliphatic heterocycles. The summed E-state index contributed by atoms with van der Waals surface area (Å²) in [6.45, 7) is 7.97. The van der Waals surface area contributed by atoms with E-state index in [1.807, 2.05) is 44.2 Å². The highest BCUT2D eigenvalue weighted by Gasteiger charge is 2.27. The third-order valence-electron chi connectivity index (χ3n) is 5.43. The Morgan fingerprint density at radius 1 is 1.19 bits per heavy atom. The standard InChI is InChI=1S/C23H22N2O2/c1-13(2)16-11-19(14(3)21(27)12-16)18-5-4-6-20-22(18)25-23(24-20)15-7-9-17(26)10-8-15/h4-10,16,26H,1,11-12H2,2-3H3,(H,24,25). The molecule has 3 aromatic rings. The van der Waals surface area contributed by atoms with Crippen molar-refractivity contribution in [3.05, 3.63) is 65.8 Å². The van der Waals surface area contributed by atoms with E-state index in [-0.39, 0.29) is 17.5 Å². The molecule has 1 atom stereocenters. The molecule has 0 fully saturated rings. The minimum Gasteiger partial charge on any atom is -0.508 e. The fourth-order valence-electron chi connectivity index (χ4n) is 3.71. The number of imidazole rings is 1. The maximum atomic E-state index is 12.5. The van der Waals surface area contributed by atoms with Crippen molar-refractivity contribution in [2.45, 2.75) is 26.7 Å². The highest BCUT2D eigenvalue weighted by atomic mass is 16.3. The predicted octanol–water partition coefficient (Wildman–Crippen LogP) is 5.26. The summed E-state index contributed by atoms with van der Waals surface area (Å²) in [5.74, 6) is 1.34. The Morgan fingerprint density at radius 2 is 1.93 bits per heavy atom. The first-order valence-electron chi connectivity index (χ1n) is 9.11. The molecule has 0 bridgehead atoms. The molecular formula is C23H22N2O2. The zero-order chi connectivity index (χ0) is 19.1. The van der Waals surface area contributed by atoms with Gasteiger partial charge in [0, 0.05) is 17.5 Å². The minimum atomic E-state index is 0.182. The number of aromatic nitrogens is 2. The first-order valence-corrected chi connectivity index (χ1v) is 9.11. The Balaban J connectivity index is 1.85. The van der Waals surface area contributed by atoms with Crippen LogP contribution in [0.4, 0.5) is 0 Å². The van der Waals surface area contributed by atoms with E-state index in [1.165, 1.54) is 0 Å². The number of Topliss-reactive ketones (excluding diaryl/α,β-unsaturated/α-hetero) is 1. The number of carbonyl (C=O) groups is 1. The molecule has 4 nitrogen and oxygen atoms in total. The SMILES string of the molecule is C=C(C)C1CC(=O)C(C)=C(c2cccc3[nH]c(-c4ccc(O)cc4)nc23)C1. The van der Waals surface area contributed by atoms with E-state index in [2.05, 4.69) is 11.6 Å². The fourth-order valence-corrected chi connectivity index (χ4v) is 3.71. The van der Waals surface area contributed by atoms with Gasteiger partial charge in [-0.3, -0.25) is 4.79 Å². The van der Waals surface area contributed by atoms with Crippen molar-refractivity contribution in [3.63, 3.8) is 0 Å². The van der Waals surface area contributed by atoms with Crippen LogP contribution in [0.1, 0.15) is 32.3 Å². The van der Waals surface area contributed by atoms with Crippen molar-refractivity contribution in [2.75, 3.05) is 0 Å². The largest absolute Gasteiger partial charge is 0.508 e. The van der Waals surface area contributed by atoms with Crippen LogP contribution in [0, 0.1) is 5.92 Å². The number of aromatic amines is 1. The van der Waals surface area contributed by atoms with Crippen molar-refractivity contribution in [2.24, 2.45) is 5.92 Å². The summed E-state index contributed by atoms with van der Waals surface area (Å²) in [4.78, 5) is 20.7. The van der Waals surface area contributed by atoms with Gasteiger partial charge in [0.2, 0.25) is 0 Å². The Morgan fingerprint density at radius 3 is 2.63 bits per heavy atom. The fraction of sp³-hybridized carbons (Fsp3) is 0.217. The molecule has 4 heteroatoms. The Kier molecular flexibility index (Phi) is 4.19. The van der Waals surface area contributed by atoms with Gasteiger partial charge in [0.05, 0.1) is 11.0 Å². The zero-order valence-corrected chi connectivity index (χ0v) is 15.5. The number of allylic oxidation sites excluding steroid dienone is 3. The van der Waals surface area contributed by atoms with Crippen LogP contribution in [-0.2, 0) is 4.79 Å². The number of nitrogens with zero attached hydrogens (tertiary/aromatic N) is 1. The number of nitrogens with one attached hydrogen (secondary N) is 1. The van der Waals surface area contributed by atoms with E-state index in [9.17, 15) is 9.90 Å². The quantitative estimate of drug-likeness (QED) is 0.627. The van der Waals surface area contributed by atoms with Crippen LogP contribution in [0.15, 0.2) is 60.2 Å². The van der Waals surface area contributed by atoms with Gasteiger partial charge in [0.25, 0.3) is 0 Å². The van der Waals surface area contributed by atoms with Gasteiger partial charge in [-0.2, -0.15) is 0 Å². The molecule has 4 rings (SSSR count). The van der Waals surface area contributed by atoms with Gasteiger partial charge < -0.3 is 10.1 Å². The lowest BCUT2D eigenvalue weighted by Gasteiger charge is -2.25. The lowest BCUT2D eigenvalue weighted by molar-refractivity contribution is -0.116. The number of phenolic OH excluding ortho intramolecular Hbond substituents is 1. The molecule has 1 heterocycles. The van der Waals surface area contributed by atoms with Gasteiger partial charge in [-0.25, -0.2) is 4.98 Å². The third kappa shape index (κ3) is 3.08. The molecule has 2 N–H and O–H groups in total. The van der Waals surface area contributed by atoms with Gasteiger partial charge in [0.15, 0.2) is 5.78 Å². The molecule has 1 aromatic heterocycles. The number of ketones is 1. The second-order valence-corrected chi connectivity index (χ2v) is 7.31. The molecule has 0 saturated heterocycles. The average Bonchev–Trinajstić information content (AvgIpc) is 3.08. The second kappa shape index (κ2) is 6.54. The average molecular weight is 358 g/mol. The number of H-pyrrole nitrogens is 1. The predicted molar refractivity (Wildman–Crippen MR) is 108 cm³/mol. The van der Waals surface area contributed by atoms with E-state index in [4.69, 9.17) is 4.98 Å². The van der Waals surface area contributed by atoms with Crippen LogP contribution in [-0.4, -0.2) is 20.9 Å². The highest BCUT2D eigenvalue weighted by Crippen LogP contribution is 2.39. The van der Waals surface area contributed by atoms with Gasteiger partial charge in [-0.15, -0.1) is 0 Å². The highest BCUT2D eigenvalue weighted by molar-refractivity contribution is 6.06. The third-order valence-corrected chi connectivity index (χ3v) is 5.43. The molecule has 0 spiro atoms. The van der Waals surface area contributed by atoms with Crippen molar-refractivity contribution in [1.29, 1.82) is 0 Å². The van der Waals surface area contributed by atoms with Crippen LogP contribution in [0.5, 0.6) is 5.75 Å². The van der Waals surface area contributed by atoms with E-state index in [0.29, 0.717) is 6.42 Å². The molecule has 2 aromatic carbocycles. The molecule has 136 valence electrons. The first-order chi connectivity index (χ1) is 12.9. The minimum absolute atomic E-state index is 0.182. The number of hydrogen-bond acceptors (Lipinski definition) is 3. The van der Waals surface area contributed by atoms with E-state index in [1.54, 1.807) is 12.1 Å². The Labute approximate surface area is 158 Å². The summed E-state index contributed by atoms with van der Waals surface area (Å²) >= 11 is 0. The summed E-state index contributed by atoms with van der Waals surface area (Å²) in [6, 6.07) is 13.0. The van der Waals surface area contributed by atoms with Gasteiger partial charge in [0.1, 0.15) is 11.6 Å². The number of aromatic hydroxyl groups is 1. The summed E-state index contributed by atoms with van der Waals surface area (Å²) in [5, 5.41) is 9.51. The van der Waals surface area contributed by atoms with E-state index >= 15 is 0 Å².